The molecule has 1 heterocycles. The lowest BCUT2D eigenvalue weighted by molar-refractivity contribution is 0.419. The molecule has 2 aromatic rings. The van der Waals surface area contributed by atoms with Gasteiger partial charge in [-0.1, -0.05) is 11.6 Å². The van der Waals surface area contributed by atoms with E-state index in [9.17, 15) is 4.21 Å². The first-order valence-corrected chi connectivity index (χ1v) is 5.85. The van der Waals surface area contributed by atoms with Crippen LogP contribution in [-0.2, 0) is 11.1 Å². The molecule has 0 aliphatic carbocycles. The summed E-state index contributed by atoms with van der Waals surface area (Å²) in [6.07, 6.45) is 1.49. The molecule has 1 N–H and O–H groups in total. The average Bonchev–Trinajstić information content (AvgIpc) is 2.27. The van der Waals surface area contributed by atoms with Crippen LogP contribution < -0.4 is 4.74 Å². The number of fused-ring (bicyclic) bond motifs is 1. The van der Waals surface area contributed by atoms with E-state index in [1.54, 1.807) is 12.1 Å². The summed E-state index contributed by atoms with van der Waals surface area (Å²) in [4.78, 5) is 4.21. The van der Waals surface area contributed by atoms with Gasteiger partial charge in [0.1, 0.15) is 10.9 Å². The van der Waals surface area contributed by atoms with Crippen LogP contribution in [0.4, 0.5) is 0 Å². The quantitative estimate of drug-likeness (QED) is 0.663. The number of hydrogen-bond donors (Lipinski definition) is 1. The monoisotopic (exact) mass is 257 g/mol. The molecule has 1 unspecified atom stereocenters. The Labute approximate surface area is 99.5 Å². The number of pyridine rings is 1. The maximum absolute atomic E-state index is 11.1. The van der Waals surface area contributed by atoms with E-state index in [0.717, 1.165) is 0 Å². The van der Waals surface area contributed by atoms with Crippen molar-refractivity contribution in [1.29, 1.82) is 0 Å². The van der Waals surface area contributed by atoms with E-state index in [2.05, 4.69) is 4.98 Å². The Morgan fingerprint density at radius 2 is 2.19 bits per heavy atom. The second-order valence-corrected chi connectivity index (χ2v) is 4.34. The summed E-state index contributed by atoms with van der Waals surface area (Å²) in [7, 11) is 1.51. The molecule has 6 heteroatoms. The third-order valence-corrected chi connectivity index (χ3v) is 3.23. The highest BCUT2D eigenvalue weighted by molar-refractivity contribution is 7.79. The number of nitrogens with zero attached hydrogens (tertiary/aromatic N) is 1. The second-order valence-electron chi connectivity index (χ2n) is 3.04. The van der Waals surface area contributed by atoms with Gasteiger partial charge in [0.15, 0.2) is 11.1 Å². The van der Waals surface area contributed by atoms with Gasteiger partial charge in [0.2, 0.25) is 0 Å². The molecule has 0 radical (unpaired) electrons. The highest BCUT2D eigenvalue weighted by Gasteiger charge is 2.13. The molecule has 1 atom stereocenters. The van der Waals surface area contributed by atoms with Crippen LogP contribution in [0.2, 0.25) is 5.15 Å². The van der Waals surface area contributed by atoms with Gasteiger partial charge in [-0.25, -0.2) is 9.19 Å². The predicted molar refractivity (Wildman–Crippen MR) is 62.3 cm³/mol. The van der Waals surface area contributed by atoms with Crippen molar-refractivity contribution < 1.29 is 13.5 Å². The molecule has 0 amide bonds. The summed E-state index contributed by atoms with van der Waals surface area (Å²) in [6.45, 7) is 0. The Kier molecular flexibility index (Phi) is 3.09. The predicted octanol–water partition coefficient (Wildman–Crippen LogP) is 2.48. The van der Waals surface area contributed by atoms with Crippen LogP contribution in [0.25, 0.3) is 10.8 Å². The Balaban J connectivity index is 2.91. The van der Waals surface area contributed by atoms with Crippen molar-refractivity contribution in [1.82, 2.24) is 4.98 Å². The summed E-state index contributed by atoms with van der Waals surface area (Å²) >= 11 is 3.88. The lowest BCUT2D eigenvalue weighted by Gasteiger charge is -2.08. The van der Waals surface area contributed by atoms with Crippen molar-refractivity contribution in [3.05, 3.63) is 29.5 Å². The van der Waals surface area contributed by atoms with Gasteiger partial charge in [0.25, 0.3) is 0 Å². The van der Waals surface area contributed by atoms with Gasteiger partial charge in [-0.05, 0) is 18.2 Å². The molecule has 0 aliphatic heterocycles. The Hall–Kier alpha value is -1.17. The highest BCUT2D eigenvalue weighted by atomic mass is 35.5. The van der Waals surface area contributed by atoms with Crippen molar-refractivity contribution in [3.8, 4) is 5.75 Å². The number of methoxy groups -OCH3 is 1. The van der Waals surface area contributed by atoms with E-state index in [1.165, 1.54) is 19.4 Å². The average molecular weight is 258 g/mol. The van der Waals surface area contributed by atoms with Crippen LogP contribution in [0, 0.1) is 0 Å². The zero-order valence-corrected chi connectivity index (χ0v) is 9.88. The largest absolute Gasteiger partial charge is 0.496 e. The van der Waals surface area contributed by atoms with Crippen molar-refractivity contribution in [2.24, 2.45) is 0 Å². The molecule has 16 heavy (non-hydrogen) atoms. The minimum atomic E-state index is -2.06. The lowest BCUT2D eigenvalue weighted by Crippen LogP contribution is -1.94. The van der Waals surface area contributed by atoms with E-state index in [1.807, 2.05) is 0 Å². The summed E-state index contributed by atoms with van der Waals surface area (Å²) in [5.74, 6) is 0.530. The van der Waals surface area contributed by atoms with E-state index in [4.69, 9.17) is 20.9 Å². The molecule has 4 nitrogen and oxygen atoms in total. The van der Waals surface area contributed by atoms with Gasteiger partial charge >= 0.3 is 0 Å². The number of benzene rings is 1. The first kappa shape index (κ1) is 11.3. The van der Waals surface area contributed by atoms with Crippen molar-refractivity contribution in [3.63, 3.8) is 0 Å². The molecule has 1 aromatic heterocycles. The van der Waals surface area contributed by atoms with Crippen LogP contribution in [0.3, 0.4) is 0 Å². The Morgan fingerprint density at radius 3 is 2.81 bits per heavy atom. The van der Waals surface area contributed by atoms with Gasteiger partial charge in [0.05, 0.1) is 17.4 Å². The smallest absolute Gasteiger partial charge is 0.187 e. The van der Waals surface area contributed by atoms with Gasteiger partial charge in [-0.15, -0.1) is 0 Å². The zero-order valence-electron chi connectivity index (χ0n) is 8.31. The van der Waals surface area contributed by atoms with E-state index < -0.39 is 11.1 Å². The van der Waals surface area contributed by atoms with Gasteiger partial charge < -0.3 is 9.29 Å². The van der Waals surface area contributed by atoms with Gasteiger partial charge in [0, 0.05) is 11.6 Å². The molecule has 0 saturated heterocycles. The fraction of sp³-hybridized carbons (Fsp3) is 0.100. The molecule has 1 aromatic carbocycles. The van der Waals surface area contributed by atoms with Crippen molar-refractivity contribution in [2.45, 2.75) is 4.90 Å². The van der Waals surface area contributed by atoms with Crippen LogP contribution in [0.1, 0.15) is 0 Å². The SMILES string of the molecule is COc1ccc(S(=O)O)c2ccnc(Cl)c12. The molecular formula is C10H8ClNO3S. The van der Waals surface area contributed by atoms with Crippen LogP contribution in [0.5, 0.6) is 5.75 Å². The lowest BCUT2D eigenvalue weighted by atomic mass is 10.1. The first-order chi connectivity index (χ1) is 7.65. The number of ether oxygens (including phenoxy) is 1. The Bertz CT molecular complexity index is 573. The fourth-order valence-electron chi connectivity index (χ4n) is 1.52. The molecule has 0 aliphatic rings. The standard InChI is InChI=1S/C10H8ClNO3S/c1-15-7-2-3-8(16(13)14)6-4-5-12-10(11)9(6)7/h2-5H,1H3,(H,13,14). The highest BCUT2D eigenvalue weighted by Crippen LogP contribution is 2.33. The minimum Gasteiger partial charge on any atom is -0.496 e. The third-order valence-electron chi connectivity index (χ3n) is 2.21. The van der Waals surface area contributed by atoms with Gasteiger partial charge in [-0.2, -0.15) is 0 Å². The minimum absolute atomic E-state index is 0.252. The van der Waals surface area contributed by atoms with Crippen molar-refractivity contribution >= 4 is 33.5 Å². The van der Waals surface area contributed by atoms with Crippen molar-refractivity contribution in [2.75, 3.05) is 7.11 Å². The topological polar surface area (TPSA) is 59.4 Å². The summed E-state index contributed by atoms with van der Waals surface area (Å²) in [5.41, 5.74) is 0. The number of hydrogen-bond acceptors (Lipinski definition) is 3. The second kappa shape index (κ2) is 4.37. The number of aromatic nitrogens is 1. The fourth-order valence-corrected chi connectivity index (χ4v) is 2.32. The maximum atomic E-state index is 11.1. The van der Waals surface area contributed by atoms with Crippen LogP contribution >= 0.6 is 11.6 Å². The number of rotatable bonds is 2. The summed E-state index contributed by atoms with van der Waals surface area (Å²) < 4.78 is 25.4. The Morgan fingerprint density at radius 1 is 1.44 bits per heavy atom. The molecule has 0 fully saturated rings. The normalized spacial score (nSPS) is 12.7. The van der Waals surface area contributed by atoms with E-state index in [-0.39, 0.29) is 5.15 Å². The first-order valence-electron chi connectivity index (χ1n) is 4.37. The van der Waals surface area contributed by atoms with E-state index >= 15 is 0 Å². The van der Waals surface area contributed by atoms with Crippen LogP contribution in [0.15, 0.2) is 29.3 Å². The zero-order chi connectivity index (χ0) is 11.7. The number of halogens is 1. The summed E-state index contributed by atoms with van der Waals surface area (Å²) in [6, 6.07) is 4.76. The molecular weight excluding hydrogens is 250 g/mol. The third kappa shape index (κ3) is 1.77. The molecule has 84 valence electrons. The molecule has 0 saturated carbocycles. The molecule has 2 rings (SSSR count). The van der Waals surface area contributed by atoms with E-state index in [0.29, 0.717) is 21.4 Å². The maximum Gasteiger partial charge on any atom is 0.187 e. The molecule has 0 bridgehead atoms. The molecule has 0 spiro atoms. The van der Waals surface area contributed by atoms with Gasteiger partial charge in [-0.3, -0.25) is 0 Å². The summed E-state index contributed by atoms with van der Waals surface area (Å²) in [5, 5.41) is 1.37. The van der Waals surface area contributed by atoms with Crippen LogP contribution in [-0.4, -0.2) is 20.9 Å².